The average Bonchev–Trinajstić information content (AvgIpc) is 3.33. The molecule has 1 aliphatic heterocycles. The second-order valence-corrected chi connectivity index (χ2v) is 18.1. The number of aliphatic carboxylic acids is 1. The van der Waals surface area contributed by atoms with Gasteiger partial charge in [-0.3, -0.25) is 14.4 Å². The van der Waals surface area contributed by atoms with Crippen LogP contribution in [-0.4, -0.2) is 89.2 Å². The molecule has 6 unspecified atom stereocenters. The molecule has 0 radical (unpaired) electrons. The maximum absolute atomic E-state index is 13.0. The lowest BCUT2D eigenvalue weighted by molar-refractivity contribution is -0.301. The molecule has 394 valence electrons. The molecule has 0 saturated carbocycles. The third kappa shape index (κ3) is 35.8. The highest BCUT2D eigenvalue weighted by molar-refractivity contribution is 5.74. The van der Waals surface area contributed by atoms with E-state index in [1.807, 2.05) is 0 Å². The van der Waals surface area contributed by atoms with E-state index in [0.29, 0.717) is 19.3 Å². The van der Waals surface area contributed by atoms with E-state index in [9.17, 15) is 34.5 Å². The van der Waals surface area contributed by atoms with Gasteiger partial charge in [0.1, 0.15) is 18.8 Å². The number of carbonyl (C=O) groups is 4. The molecule has 1 saturated heterocycles. The number of allylic oxidation sites excluding steroid dienone is 12. The molecule has 1 aliphatic rings. The van der Waals surface area contributed by atoms with E-state index in [0.717, 1.165) is 122 Å². The van der Waals surface area contributed by atoms with Gasteiger partial charge >= 0.3 is 23.9 Å². The standard InChI is InChI=1S/C57H94O12/c1-4-7-10-13-16-19-21-23-25-27-29-32-34-37-40-43-49(58)65-46-48(67-50(59)44-41-38-35-31-18-15-12-9-6-3)47-66-57-55(53(62)52(61)54(69-57)56(63)64)68-51(60)45-42-39-36-33-30-28-26-24-22-20-17-14-11-8-5-2/h7-8,10-11,16-17,19-20,23-26,48,52-55,57,61-62H,4-6,9,12-15,18,21-22,27-47H2,1-3H3,(H,63,64)/b10-7-,11-8-,19-16-,20-17-,25-23-,26-24-. The molecule has 1 heterocycles. The van der Waals surface area contributed by atoms with E-state index < -0.39 is 67.3 Å². The zero-order valence-electron chi connectivity index (χ0n) is 43.0. The lowest BCUT2D eigenvalue weighted by Crippen LogP contribution is -2.61. The van der Waals surface area contributed by atoms with Crippen molar-refractivity contribution in [3.63, 3.8) is 0 Å². The normalized spacial score (nSPS) is 19.2. The summed E-state index contributed by atoms with van der Waals surface area (Å²) in [4.78, 5) is 50.8. The summed E-state index contributed by atoms with van der Waals surface area (Å²) in [5.41, 5.74) is 0. The van der Waals surface area contributed by atoms with Crippen molar-refractivity contribution in [1.29, 1.82) is 0 Å². The Bertz CT molecular complexity index is 1480. The molecule has 0 aromatic heterocycles. The van der Waals surface area contributed by atoms with E-state index in [4.69, 9.17) is 23.7 Å². The minimum Gasteiger partial charge on any atom is -0.479 e. The van der Waals surface area contributed by atoms with Crippen LogP contribution in [0.25, 0.3) is 0 Å². The summed E-state index contributed by atoms with van der Waals surface area (Å²) in [6, 6.07) is 0. The minimum absolute atomic E-state index is 0.0380. The summed E-state index contributed by atoms with van der Waals surface area (Å²) >= 11 is 0. The molecule has 0 amide bonds. The third-order valence-corrected chi connectivity index (χ3v) is 11.8. The Labute approximate surface area is 417 Å². The lowest BCUT2D eigenvalue weighted by atomic mass is 9.98. The number of hydrogen-bond donors (Lipinski definition) is 3. The van der Waals surface area contributed by atoms with Crippen LogP contribution in [-0.2, 0) is 42.9 Å². The van der Waals surface area contributed by atoms with E-state index in [1.165, 1.54) is 32.1 Å². The molecule has 0 aromatic carbocycles. The molecule has 12 nitrogen and oxygen atoms in total. The zero-order valence-corrected chi connectivity index (χ0v) is 43.0. The number of unbranched alkanes of at least 4 members (excludes halogenated alkanes) is 18. The van der Waals surface area contributed by atoms with Gasteiger partial charge in [-0.15, -0.1) is 0 Å². The van der Waals surface area contributed by atoms with Crippen molar-refractivity contribution in [2.24, 2.45) is 0 Å². The molecule has 69 heavy (non-hydrogen) atoms. The van der Waals surface area contributed by atoms with Gasteiger partial charge in [0.05, 0.1) is 6.61 Å². The highest BCUT2D eigenvalue weighted by atomic mass is 16.7. The van der Waals surface area contributed by atoms with Crippen molar-refractivity contribution in [3.05, 3.63) is 72.9 Å². The molecular weight excluding hydrogens is 877 g/mol. The molecule has 0 aromatic rings. The zero-order chi connectivity index (χ0) is 50.4. The number of carboxylic acids is 1. The summed E-state index contributed by atoms with van der Waals surface area (Å²) < 4.78 is 28.3. The monoisotopic (exact) mass is 971 g/mol. The number of aliphatic hydroxyl groups excluding tert-OH is 2. The van der Waals surface area contributed by atoms with E-state index >= 15 is 0 Å². The Balaban J connectivity index is 2.71. The predicted octanol–water partition coefficient (Wildman–Crippen LogP) is 13.0. The second-order valence-electron chi connectivity index (χ2n) is 18.1. The van der Waals surface area contributed by atoms with Gasteiger partial charge in [0.25, 0.3) is 0 Å². The van der Waals surface area contributed by atoms with Crippen molar-refractivity contribution < 1.29 is 58.2 Å². The van der Waals surface area contributed by atoms with Crippen molar-refractivity contribution in [3.8, 4) is 0 Å². The van der Waals surface area contributed by atoms with Crippen LogP contribution in [0.15, 0.2) is 72.9 Å². The number of esters is 3. The number of rotatable bonds is 44. The molecule has 12 heteroatoms. The number of carboxylic acid groups (broad SMARTS) is 1. The van der Waals surface area contributed by atoms with Gasteiger partial charge in [-0.05, 0) is 83.5 Å². The number of hydrogen-bond acceptors (Lipinski definition) is 11. The van der Waals surface area contributed by atoms with Crippen molar-refractivity contribution >= 4 is 23.9 Å². The fourth-order valence-corrected chi connectivity index (χ4v) is 7.69. The predicted molar refractivity (Wildman–Crippen MR) is 275 cm³/mol. The smallest absolute Gasteiger partial charge is 0.335 e. The van der Waals surface area contributed by atoms with Gasteiger partial charge in [-0.25, -0.2) is 4.79 Å². The first kappa shape index (κ1) is 63.2. The van der Waals surface area contributed by atoms with Gasteiger partial charge in [0.2, 0.25) is 0 Å². The fourth-order valence-electron chi connectivity index (χ4n) is 7.69. The van der Waals surface area contributed by atoms with Crippen LogP contribution in [0, 0.1) is 0 Å². The Morgan fingerprint density at radius 1 is 0.493 bits per heavy atom. The molecule has 3 N–H and O–H groups in total. The summed E-state index contributed by atoms with van der Waals surface area (Å²) in [5.74, 6) is -3.17. The van der Waals surface area contributed by atoms with Gasteiger partial charge in [-0.1, -0.05) is 184 Å². The van der Waals surface area contributed by atoms with Crippen LogP contribution in [0.3, 0.4) is 0 Å². The fraction of sp³-hybridized carbons (Fsp3) is 0.719. The molecule has 1 fully saturated rings. The molecule has 1 rings (SSSR count). The first-order valence-corrected chi connectivity index (χ1v) is 26.9. The topological polar surface area (TPSA) is 175 Å². The van der Waals surface area contributed by atoms with Gasteiger partial charge in [0.15, 0.2) is 24.6 Å². The molecule has 0 aliphatic carbocycles. The molecule has 0 spiro atoms. The van der Waals surface area contributed by atoms with E-state index in [2.05, 4.69) is 93.7 Å². The SMILES string of the molecule is CC/C=C\C/C=C\C/C=C\CCCCCCCC(=O)OCC(COC1OC(C(=O)O)C(O)C(O)C1OC(=O)CCCCCCC/C=C\C/C=C\C/C=C\CC)OC(=O)CCCCCCCCCCC. The van der Waals surface area contributed by atoms with Crippen LogP contribution in [0.5, 0.6) is 0 Å². The van der Waals surface area contributed by atoms with Crippen LogP contribution in [0.1, 0.15) is 213 Å². The summed E-state index contributed by atoms with van der Waals surface area (Å²) in [6.07, 6.45) is 43.2. The van der Waals surface area contributed by atoms with Crippen molar-refractivity contribution in [2.45, 2.75) is 250 Å². The average molecular weight is 971 g/mol. The Morgan fingerprint density at radius 3 is 1.39 bits per heavy atom. The van der Waals surface area contributed by atoms with E-state index in [-0.39, 0.29) is 25.9 Å². The molecular formula is C57H94O12. The number of carbonyl (C=O) groups excluding carboxylic acids is 3. The first-order valence-electron chi connectivity index (χ1n) is 26.9. The van der Waals surface area contributed by atoms with Crippen molar-refractivity contribution in [2.75, 3.05) is 13.2 Å². The largest absolute Gasteiger partial charge is 0.479 e. The van der Waals surface area contributed by atoms with Crippen LogP contribution in [0.2, 0.25) is 0 Å². The Kier molecular flexibility index (Phi) is 41.5. The highest BCUT2D eigenvalue weighted by Gasteiger charge is 2.50. The number of aliphatic hydroxyl groups is 2. The lowest BCUT2D eigenvalue weighted by Gasteiger charge is -2.40. The van der Waals surface area contributed by atoms with Gasteiger partial charge < -0.3 is 39.0 Å². The minimum atomic E-state index is -1.91. The summed E-state index contributed by atoms with van der Waals surface area (Å²) in [5, 5.41) is 31.3. The van der Waals surface area contributed by atoms with E-state index in [1.54, 1.807) is 0 Å². The Morgan fingerprint density at radius 2 is 0.913 bits per heavy atom. The highest BCUT2D eigenvalue weighted by Crippen LogP contribution is 2.26. The number of ether oxygens (including phenoxy) is 5. The van der Waals surface area contributed by atoms with Crippen LogP contribution >= 0.6 is 0 Å². The first-order chi connectivity index (χ1) is 33.6. The Hall–Kier alpha value is -3.84. The van der Waals surface area contributed by atoms with Crippen LogP contribution < -0.4 is 0 Å². The quantitative estimate of drug-likeness (QED) is 0.0228. The third-order valence-electron chi connectivity index (χ3n) is 11.8. The van der Waals surface area contributed by atoms with Gasteiger partial charge in [-0.2, -0.15) is 0 Å². The van der Waals surface area contributed by atoms with Gasteiger partial charge in [0, 0.05) is 19.3 Å². The second kappa shape index (κ2) is 45.3. The molecule has 6 atom stereocenters. The summed E-state index contributed by atoms with van der Waals surface area (Å²) in [6.45, 7) is 5.70. The van der Waals surface area contributed by atoms with Crippen molar-refractivity contribution in [1.82, 2.24) is 0 Å². The summed E-state index contributed by atoms with van der Waals surface area (Å²) in [7, 11) is 0. The maximum Gasteiger partial charge on any atom is 0.335 e. The molecule has 0 bridgehead atoms. The maximum atomic E-state index is 13.0. The van der Waals surface area contributed by atoms with Crippen LogP contribution in [0.4, 0.5) is 0 Å².